The predicted molar refractivity (Wildman–Crippen MR) is 155 cm³/mol. The molecule has 0 unspecified atom stereocenters. The number of ether oxygens (including phenoxy) is 2. The molecule has 0 saturated heterocycles. The fraction of sp³-hybridized carbons (Fsp3) is 0.235. The zero-order valence-corrected chi connectivity index (χ0v) is 22.7. The molecule has 5 heteroatoms. The lowest BCUT2D eigenvalue weighted by Crippen LogP contribution is -2.42. The molecule has 0 saturated carbocycles. The van der Waals surface area contributed by atoms with Gasteiger partial charge in [0.05, 0.1) is 51.5 Å². The molecule has 0 atom stereocenters. The van der Waals surface area contributed by atoms with Crippen LogP contribution >= 0.6 is 0 Å². The molecule has 4 rings (SSSR count). The van der Waals surface area contributed by atoms with Gasteiger partial charge >= 0.3 is 11.9 Å². The largest absolute Gasteiger partial charge is 0.462 e. The smallest absolute Gasteiger partial charge is 0.338 e. The van der Waals surface area contributed by atoms with Crippen molar-refractivity contribution in [2.45, 2.75) is 12.8 Å². The lowest BCUT2D eigenvalue weighted by atomic mass is 10.0. The molecule has 0 aliphatic carbocycles. The lowest BCUT2D eigenvalue weighted by Gasteiger charge is -2.29. The number of hydrogen-bond donors (Lipinski definition) is 0. The van der Waals surface area contributed by atoms with E-state index in [2.05, 4.69) is 14.1 Å². The molecule has 0 aromatic heterocycles. The molecule has 0 aliphatic heterocycles. The lowest BCUT2D eigenvalue weighted by molar-refractivity contribution is -0.890. The molecule has 4 aromatic carbocycles. The van der Waals surface area contributed by atoms with Gasteiger partial charge in [-0.25, -0.2) is 9.59 Å². The molecule has 0 N–H and O–H groups in total. The van der Waals surface area contributed by atoms with Crippen molar-refractivity contribution < 1.29 is 23.5 Å². The molecule has 0 spiro atoms. The van der Waals surface area contributed by atoms with E-state index < -0.39 is 0 Å². The first-order chi connectivity index (χ1) is 18.9. The van der Waals surface area contributed by atoms with Crippen molar-refractivity contribution in [2.24, 2.45) is 0 Å². The molecule has 0 heterocycles. The number of carbonyl (C=O) groups is 2. The molecule has 200 valence electrons. The van der Waals surface area contributed by atoms with E-state index in [1.807, 2.05) is 109 Å². The van der Waals surface area contributed by atoms with Crippen molar-refractivity contribution in [3.8, 4) is 22.3 Å². The summed E-state index contributed by atoms with van der Waals surface area (Å²) in [6.07, 6.45) is 1.52. The number of nitrogens with zero attached hydrogens (tertiary/aromatic N) is 1. The van der Waals surface area contributed by atoms with Crippen molar-refractivity contribution in [2.75, 3.05) is 40.4 Å². The number of benzene rings is 4. The maximum atomic E-state index is 12.4. The first-order valence-corrected chi connectivity index (χ1v) is 13.4. The van der Waals surface area contributed by atoms with E-state index in [9.17, 15) is 9.59 Å². The van der Waals surface area contributed by atoms with Crippen molar-refractivity contribution in [3.05, 3.63) is 120 Å². The van der Waals surface area contributed by atoms with Crippen LogP contribution in [-0.4, -0.2) is 56.8 Å². The predicted octanol–water partition coefficient (Wildman–Crippen LogP) is 6.89. The highest BCUT2D eigenvalue weighted by molar-refractivity contribution is 5.90. The van der Waals surface area contributed by atoms with Gasteiger partial charge in [-0.1, -0.05) is 84.9 Å². The molecular formula is C34H36NO4+. The molecule has 39 heavy (non-hydrogen) atoms. The van der Waals surface area contributed by atoms with Gasteiger partial charge in [-0.05, 0) is 46.5 Å². The van der Waals surface area contributed by atoms with Gasteiger partial charge in [0.2, 0.25) is 0 Å². The third kappa shape index (κ3) is 8.39. The van der Waals surface area contributed by atoms with E-state index in [-0.39, 0.29) is 11.9 Å². The number of quaternary nitrogens is 1. The van der Waals surface area contributed by atoms with E-state index in [1.165, 1.54) is 0 Å². The Morgan fingerprint density at radius 2 is 0.846 bits per heavy atom. The normalized spacial score (nSPS) is 11.1. The molecule has 0 bridgehead atoms. The van der Waals surface area contributed by atoms with Crippen LogP contribution < -0.4 is 0 Å². The first kappa shape index (κ1) is 27.8. The highest BCUT2D eigenvalue weighted by Crippen LogP contribution is 2.20. The SMILES string of the molecule is C[N+](C)(CCCOC(=O)c1ccc(-c2ccccc2)cc1)CCCOC(=O)c1ccc(-c2ccccc2)cc1. The molecule has 0 amide bonds. The van der Waals surface area contributed by atoms with E-state index in [4.69, 9.17) is 9.47 Å². The molecular weight excluding hydrogens is 486 g/mol. The summed E-state index contributed by atoms with van der Waals surface area (Å²) in [6.45, 7) is 2.45. The first-order valence-electron chi connectivity index (χ1n) is 13.4. The maximum absolute atomic E-state index is 12.4. The zero-order chi connectivity index (χ0) is 27.5. The second kappa shape index (κ2) is 13.5. The van der Waals surface area contributed by atoms with Crippen molar-refractivity contribution >= 4 is 11.9 Å². The van der Waals surface area contributed by atoms with Crippen molar-refractivity contribution in [1.82, 2.24) is 0 Å². The fourth-order valence-corrected chi connectivity index (χ4v) is 4.45. The Morgan fingerprint density at radius 1 is 0.513 bits per heavy atom. The van der Waals surface area contributed by atoms with E-state index in [0.717, 1.165) is 52.7 Å². The van der Waals surface area contributed by atoms with Crippen molar-refractivity contribution in [3.63, 3.8) is 0 Å². The summed E-state index contributed by atoms with van der Waals surface area (Å²) >= 11 is 0. The Labute approximate surface area is 231 Å². The van der Waals surface area contributed by atoms with Crippen LogP contribution in [0.5, 0.6) is 0 Å². The number of hydrogen-bond acceptors (Lipinski definition) is 4. The average molecular weight is 523 g/mol. The number of esters is 2. The van der Waals surface area contributed by atoms with Crippen LogP contribution in [0.2, 0.25) is 0 Å². The van der Waals surface area contributed by atoms with Crippen LogP contribution in [0.4, 0.5) is 0 Å². The third-order valence-corrected chi connectivity index (χ3v) is 6.74. The van der Waals surface area contributed by atoms with E-state index in [0.29, 0.717) is 24.3 Å². The summed E-state index contributed by atoms with van der Waals surface area (Å²) in [6, 6.07) is 35.1. The summed E-state index contributed by atoms with van der Waals surface area (Å²) < 4.78 is 11.7. The second-order valence-corrected chi connectivity index (χ2v) is 10.2. The molecule has 4 aromatic rings. The zero-order valence-electron chi connectivity index (χ0n) is 22.7. The summed E-state index contributed by atoms with van der Waals surface area (Å²) in [5.74, 6) is -0.604. The van der Waals surface area contributed by atoms with Gasteiger partial charge in [-0.3, -0.25) is 0 Å². The van der Waals surface area contributed by atoms with Gasteiger partial charge in [0.25, 0.3) is 0 Å². The van der Waals surface area contributed by atoms with Crippen molar-refractivity contribution in [1.29, 1.82) is 0 Å². The van der Waals surface area contributed by atoms with Gasteiger partial charge in [-0.15, -0.1) is 0 Å². The Balaban J connectivity index is 1.12. The fourth-order valence-electron chi connectivity index (χ4n) is 4.45. The highest BCUT2D eigenvalue weighted by atomic mass is 16.5. The molecule has 0 fully saturated rings. The Hall–Kier alpha value is -4.22. The van der Waals surface area contributed by atoms with Crippen LogP contribution in [0.3, 0.4) is 0 Å². The average Bonchev–Trinajstić information content (AvgIpc) is 2.98. The second-order valence-electron chi connectivity index (χ2n) is 10.2. The van der Waals surface area contributed by atoms with Gasteiger partial charge in [0.1, 0.15) is 0 Å². The third-order valence-electron chi connectivity index (χ3n) is 6.74. The topological polar surface area (TPSA) is 52.6 Å². The van der Waals surface area contributed by atoms with Crippen LogP contribution in [0.25, 0.3) is 22.3 Å². The van der Waals surface area contributed by atoms with Crippen LogP contribution in [0.1, 0.15) is 33.6 Å². The Bertz CT molecular complexity index is 1230. The minimum atomic E-state index is -0.302. The monoisotopic (exact) mass is 522 g/mol. The van der Waals surface area contributed by atoms with Gasteiger partial charge in [-0.2, -0.15) is 0 Å². The van der Waals surface area contributed by atoms with Gasteiger partial charge < -0.3 is 14.0 Å². The van der Waals surface area contributed by atoms with Gasteiger partial charge in [0, 0.05) is 12.8 Å². The van der Waals surface area contributed by atoms with Gasteiger partial charge in [0.15, 0.2) is 0 Å². The quantitative estimate of drug-likeness (QED) is 0.115. The van der Waals surface area contributed by atoms with Crippen LogP contribution in [0, 0.1) is 0 Å². The van der Waals surface area contributed by atoms with Crippen LogP contribution in [-0.2, 0) is 9.47 Å². The molecule has 0 aliphatic rings. The van der Waals surface area contributed by atoms with Crippen LogP contribution in [0.15, 0.2) is 109 Å². The van der Waals surface area contributed by atoms with E-state index in [1.54, 1.807) is 0 Å². The summed E-state index contributed by atoms with van der Waals surface area (Å²) in [4.78, 5) is 24.8. The summed E-state index contributed by atoms with van der Waals surface area (Å²) in [5, 5.41) is 0. The minimum absolute atomic E-state index is 0.302. The standard InChI is InChI=1S/C34H36NO4/c1-35(2,23-9-25-38-33(36)31-19-15-29(16-20-31)27-11-5-3-6-12-27)24-10-26-39-34(37)32-21-17-30(18-22-32)28-13-7-4-8-14-28/h3-8,11-22H,9-10,23-26H2,1-2H3/q+1. The highest BCUT2D eigenvalue weighted by Gasteiger charge is 2.16. The summed E-state index contributed by atoms with van der Waals surface area (Å²) in [5.41, 5.74) is 5.48. The number of rotatable bonds is 12. The maximum Gasteiger partial charge on any atom is 0.338 e. The Kier molecular flexibility index (Phi) is 9.65. The number of carbonyl (C=O) groups excluding carboxylic acids is 2. The molecule has 0 radical (unpaired) electrons. The van der Waals surface area contributed by atoms with E-state index >= 15 is 0 Å². The minimum Gasteiger partial charge on any atom is -0.462 e. The summed E-state index contributed by atoms with van der Waals surface area (Å²) in [7, 11) is 4.27. The molecule has 5 nitrogen and oxygen atoms in total. The Morgan fingerprint density at radius 3 is 1.21 bits per heavy atom.